The zero-order chi connectivity index (χ0) is 24.6. The van der Waals surface area contributed by atoms with Crippen LogP contribution in [0.25, 0.3) is 10.4 Å². The molecule has 8 nitrogen and oxygen atoms in total. The lowest BCUT2D eigenvalue weighted by Gasteiger charge is -2.33. The molecule has 0 aliphatic carbocycles. The van der Waals surface area contributed by atoms with Crippen LogP contribution in [0.4, 0.5) is 19.0 Å². The topological polar surface area (TPSA) is 121 Å². The summed E-state index contributed by atoms with van der Waals surface area (Å²) in [5.41, 5.74) is 2.60. The maximum Gasteiger partial charge on any atom is 0.417 e. The molecule has 4 N–H and O–H groups in total. The molecule has 2 aromatic heterocycles. The van der Waals surface area contributed by atoms with Crippen LogP contribution < -0.4 is 11.1 Å². The van der Waals surface area contributed by atoms with Gasteiger partial charge in [-0.05, 0) is 46.1 Å². The van der Waals surface area contributed by atoms with Crippen molar-refractivity contribution >= 4 is 29.0 Å². The Bertz CT molecular complexity index is 1050. The molecule has 0 aromatic carbocycles. The van der Waals surface area contributed by atoms with Crippen LogP contribution in [-0.2, 0) is 6.18 Å². The number of amides is 2. The van der Waals surface area contributed by atoms with Gasteiger partial charge in [-0.25, -0.2) is 9.97 Å². The number of alkyl halides is 3. The number of carbonyl (C=O) groups excluding carboxylic acids is 2. The smallest absolute Gasteiger partial charge is 0.389 e. The van der Waals surface area contributed by atoms with Gasteiger partial charge in [-0.2, -0.15) is 13.2 Å². The van der Waals surface area contributed by atoms with Crippen LogP contribution in [0.1, 0.15) is 65.9 Å². The summed E-state index contributed by atoms with van der Waals surface area (Å²) in [5.74, 6) is -1.57. The van der Waals surface area contributed by atoms with Crippen LogP contribution in [0.15, 0.2) is 12.3 Å². The molecule has 1 saturated heterocycles. The minimum atomic E-state index is -4.77. The number of nitrogens with zero attached hydrogens (tertiary/aromatic N) is 3. The number of nitrogens with one attached hydrogen (secondary N) is 1. The molecule has 0 radical (unpaired) electrons. The monoisotopic (exact) mass is 485 g/mol. The van der Waals surface area contributed by atoms with Crippen molar-refractivity contribution < 1.29 is 27.9 Å². The van der Waals surface area contributed by atoms with Crippen molar-refractivity contribution in [2.75, 3.05) is 18.8 Å². The van der Waals surface area contributed by atoms with Crippen LogP contribution in [0.2, 0.25) is 0 Å². The van der Waals surface area contributed by atoms with E-state index in [-0.39, 0.29) is 39.5 Å². The van der Waals surface area contributed by atoms with Crippen molar-refractivity contribution in [2.24, 2.45) is 0 Å². The number of rotatable bonds is 5. The molecule has 3 heterocycles. The van der Waals surface area contributed by atoms with E-state index in [0.29, 0.717) is 23.9 Å². The van der Waals surface area contributed by atoms with E-state index >= 15 is 0 Å². The lowest BCUT2D eigenvalue weighted by molar-refractivity contribution is -0.137. The average Bonchev–Trinajstić information content (AvgIpc) is 3.16. The summed E-state index contributed by atoms with van der Waals surface area (Å²) in [4.78, 5) is 35.4. The van der Waals surface area contributed by atoms with Gasteiger partial charge < -0.3 is 21.1 Å². The number of nitrogens with two attached hydrogens (primary N) is 1. The summed E-state index contributed by atoms with van der Waals surface area (Å²) >= 11 is 0.668. The Balaban J connectivity index is 2.11. The molecule has 0 bridgehead atoms. The van der Waals surface area contributed by atoms with Gasteiger partial charge >= 0.3 is 6.18 Å². The zero-order valence-electron chi connectivity index (χ0n) is 18.5. The first kappa shape index (κ1) is 24.9. The van der Waals surface area contributed by atoms with Crippen molar-refractivity contribution in [1.29, 1.82) is 0 Å². The Kier molecular flexibility index (Phi) is 6.99. The van der Waals surface area contributed by atoms with E-state index in [0.717, 1.165) is 25.5 Å². The summed E-state index contributed by atoms with van der Waals surface area (Å²) in [5, 5.41) is 12.2. The first-order chi connectivity index (χ1) is 15.3. The Labute approximate surface area is 193 Å². The highest BCUT2D eigenvalue weighted by molar-refractivity contribution is 7.17. The number of piperidine rings is 1. The second-order valence-corrected chi connectivity index (χ2v) is 9.69. The third kappa shape index (κ3) is 5.80. The number of thiazole rings is 1. The van der Waals surface area contributed by atoms with E-state index in [1.807, 2.05) is 6.92 Å². The van der Waals surface area contributed by atoms with E-state index in [1.54, 1.807) is 4.90 Å². The second kappa shape index (κ2) is 9.26. The number of aromatic nitrogens is 2. The van der Waals surface area contributed by atoms with Gasteiger partial charge in [0.15, 0.2) is 5.01 Å². The summed E-state index contributed by atoms with van der Waals surface area (Å²) in [7, 11) is 0. The van der Waals surface area contributed by atoms with Gasteiger partial charge in [0.1, 0.15) is 11.5 Å². The van der Waals surface area contributed by atoms with Gasteiger partial charge in [-0.1, -0.05) is 0 Å². The molecule has 0 saturated carbocycles. The van der Waals surface area contributed by atoms with Gasteiger partial charge in [0.2, 0.25) is 0 Å². The highest BCUT2D eigenvalue weighted by Crippen LogP contribution is 2.41. The lowest BCUT2D eigenvalue weighted by Crippen LogP contribution is -2.42. The molecular weight excluding hydrogens is 459 g/mol. The molecule has 1 aliphatic rings. The average molecular weight is 486 g/mol. The van der Waals surface area contributed by atoms with Gasteiger partial charge in [0.25, 0.3) is 11.8 Å². The van der Waals surface area contributed by atoms with Crippen LogP contribution in [-0.4, -0.2) is 56.5 Å². The molecule has 0 spiro atoms. The fourth-order valence-corrected chi connectivity index (χ4v) is 4.54. The number of aliphatic hydroxyl groups is 1. The van der Waals surface area contributed by atoms with Crippen molar-refractivity contribution in [1.82, 2.24) is 20.2 Å². The molecule has 1 unspecified atom stereocenters. The number of hydrogen-bond acceptors (Lipinski definition) is 7. The maximum atomic E-state index is 13.8. The quantitative estimate of drug-likeness (QED) is 0.597. The maximum absolute atomic E-state index is 13.8. The lowest BCUT2D eigenvalue weighted by atomic mass is 10.0. The predicted octanol–water partition coefficient (Wildman–Crippen LogP) is 3.32. The fourth-order valence-electron chi connectivity index (χ4n) is 3.54. The van der Waals surface area contributed by atoms with Crippen molar-refractivity contribution in [2.45, 2.75) is 57.9 Å². The Hall–Kier alpha value is -2.73. The molecule has 3 rings (SSSR count). The minimum absolute atomic E-state index is 0.106. The molecule has 180 valence electrons. The van der Waals surface area contributed by atoms with Gasteiger partial charge in [-0.15, -0.1) is 11.3 Å². The third-order valence-electron chi connectivity index (χ3n) is 5.24. The normalized spacial score (nSPS) is 17.2. The number of carbonyl (C=O) groups is 2. The first-order valence-electron chi connectivity index (χ1n) is 10.4. The number of pyridine rings is 1. The number of nitrogen functional groups attached to an aromatic ring is 1. The van der Waals surface area contributed by atoms with Gasteiger partial charge in [0.05, 0.1) is 16.0 Å². The summed E-state index contributed by atoms with van der Waals surface area (Å²) < 4.78 is 41.3. The third-order valence-corrected chi connectivity index (χ3v) is 6.33. The molecule has 1 atom stereocenters. The Morgan fingerprint density at radius 3 is 2.64 bits per heavy atom. The van der Waals surface area contributed by atoms with Crippen molar-refractivity contribution in [3.05, 3.63) is 28.5 Å². The van der Waals surface area contributed by atoms with Crippen LogP contribution in [0.3, 0.4) is 0 Å². The number of hydrogen-bond donors (Lipinski definition) is 3. The summed E-state index contributed by atoms with van der Waals surface area (Å²) in [6, 6.07) is 0.584. The number of halogens is 3. The Morgan fingerprint density at radius 2 is 2.03 bits per heavy atom. The van der Waals surface area contributed by atoms with E-state index in [4.69, 9.17) is 5.73 Å². The number of anilines is 1. The zero-order valence-corrected chi connectivity index (χ0v) is 19.3. The largest absolute Gasteiger partial charge is 0.417 e. The first-order valence-corrected chi connectivity index (χ1v) is 11.2. The molecule has 2 amide bonds. The van der Waals surface area contributed by atoms with E-state index < -0.39 is 29.2 Å². The second-order valence-electron chi connectivity index (χ2n) is 8.69. The molecule has 33 heavy (non-hydrogen) atoms. The summed E-state index contributed by atoms with van der Waals surface area (Å²) in [6.45, 7) is 5.19. The highest BCUT2D eigenvalue weighted by Gasteiger charge is 2.38. The van der Waals surface area contributed by atoms with E-state index in [1.165, 1.54) is 13.8 Å². The SMILES string of the molecule is CC1CCCCN1C(=O)c1nc(C(=O)NCC(C)(C)O)sc1-c1cnc(N)cc1C(F)(F)F. The highest BCUT2D eigenvalue weighted by atomic mass is 32.1. The number of likely N-dealkylation sites (tertiary alicyclic amines) is 1. The Morgan fingerprint density at radius 1 is 1.33 bits per heavy atom. The van der Waals surface area contributed by atoms with Crippen molar-refractivity contribution in [3.63, 3.8) is 0 Å². The van der Waals surface area contributed by atoms with Crippen LogP contribution in [0.5, 0.6) is 0 Å². The van der Waals surface area contributed by atoms with Gasteiger partial charge in [0, 0.05) is 30.9 Å². The van der Waals surface area contributed by atoms with E-state index in [2.05, 4.69) is 15.3 Å². The molecule has 12 heteroatoms. The molecular formula is C21H26F3N5O3S. The molecule has 1 aliphatic heterocycles. The molecule has 2 aromatic rings. The molecule has 1 fully saturated rings. The minimum Gasteiger partial charge on any atom is -0.389 e. The van der Waals surface area contributed by atoms with Crippen LogP contribution in [0, 0.1) is 0 Å². The van der Waals surface area contributed by atoms with Crippen molar-refractivity contribution in [3.8, 4) is 10.4 Å². The summed E-state index contributed by atoms with van der Waals surface area (Å²) in [6.07, 6.45) is -1.34. The van der Waals surface area contributed by atoms with Crippen LogP contribution >= 0.6 is 11.3 Å². The standard InChI is InChI=1S/C21H26F3N5O3S/c1-11-6-4-5-7-29(11)19(31)15-16(12-9-26-14(25)8-13(12)21(22,23)24)33-18(28-15)17(30)27-10-20(2,3)32/h8-9,11,32H,4-7,10H2,1-3H3,(H2,25,26)(H,27,30). The fraction of sp³-hybridized carbons (Fsp3) is 0.524. The predicted molar refractivity (Wildman–Crippen MR) is 118 cm³/mol. The van der Waals surface area contributed by atoms with E-state index in [9.17, 15) is 27.9 Å². The van der Waals surface area contributed by atoms with Gasteiger partial charge in [-0.3, -0.25) is 9.59 Å².